The number of carbonyl (C=O) groups excluding carboxylic acids is 1. The predicted molar refractivity (Wildman–Crippen MR) is 35.4 cm³/mol. The second kappa shape index (κ2) is 3.34. The van der Waals surface area contributed by atoms with Crippen molar-refractivity contribution >= 4 is 12.4 Å². The van der Waals surface area contributed by atoms with E-state index in [9.17, 15) is 9.59 Å². The molecule has 1 N–H and O–H groups in total. The van der Waals surface area contributed by atoms with Gasteiger partial charge in [-0.2, -0.15) is 0 Å². The number of rotatable bonds is 1. The van der Waals surface area contributed by atoms with E-state index < -0.39 is 12.1 Å². The molecular weight excluding hydrogens is 150 g/mol. The highest BCUT2D eigenvalue weighted by molar-refractivity contribution is 5.72. The molecule has 11 heavy (non-hydrogen) atoms. The summed E-state index contributed by atoms with van der Waals surface area (Å²) < 4.78 is 4.92. The molecule has 5 nitrogen and oxygen atoms in total. The van der Waals surface area contributed by atoms with Gasteiger partial charge >= 0.3 is 6.09 Å². The van der Waals surface area contributed by atoms with Crippen molar-refractivity contribution in [3.63, 3.8) is 0 Å². The van der Waals surface area contributed by atoms with E-state index in [1.807, 2.05) is 0 Å². The standard InChI is InChI=1S/C6H9NO4/c8-3-5-4-11-2-1-7(5)6(9)10/h3,5H,1-2,4H2,(H,9,10). The lowest BCUT2D eigenvalue weighted by atomic mass is 10.3. The average Bonchev–Trinajstić information content (AvgIpc) is 2.04. The summed E-state index contributed by atoms with van der Waals surface area (Å²) in [5.74, 6) is 0. The van der Waals surface area contributed by atoms with Crippen LogP contribution in [0.1, 0.15) is 0 Å². The van der Waals surface area contributed by atoms with Crippen molar-refractivity contribution in [3.8, 4) is 0 Å². The third-order valence-corrected chi connectivity index (χ3v) is 1.57. The fourth-order valence-corrected chi connectivity index (χ4v) is 0.973. The molecule has 1 heterocycles. The molecule has 1 rings (SSSR count). The highest BCUT2D eigenvalue weighted by Gasteiger charge is 2.25. The molecule has 1 fully saturated rings. The largest absolute Gasteiger partial charge is 0.465 e. The molecule has 0 bridgehead atoms. The topological polar surface area (TPSA) is 66.8 Å². The molecule has 5 heteroatoms. The molecule has 1 aliphatic rings. The molecule has 1 atom stereocenters. The first kappa shape index (κ1) is 8.00. The summed E-state index contributed by atoms with van der Waals surface area (Å²) in [6.45, 7) is 0.825. The molecule has 0 aromatic rings. The number of morpholine rings is 1. The van der Waals surface area contributed by atoms with Crippen molar-refractivity contribution in [1.29, 1.82) is 0 Å². The van der Waals surface area contributed by atoms with Gasteiger partial charge in [-0.3, -0.25) is 4.90 Å². The maximum atomic E-state index is 10.4. The first-order chi connectivity index (χ1) is 5.25. The Morgan fingerprint density at radius 1 is 1.73 bits per heavy atom. The van der Waals surface area contributed by atoms with Crippen molar-refractivity contribution in [2.45, 2.75) is 6.04 Å². The van der Waals surface area contributed by atoms with Crippen LogP contribution in [-0.4, -0.2) is 48.2 Å². The Hall–Kier alpha value is -1.10. The fourth-order valence-electron chi connectivity index (χ4n) is 0.973. The lowest BCUT2D eigenvalue weighted by Crippen LogP contribution is -2.48. The Morgan fingerprint density at radius 2 is 2.45 bits per heavy atom. The first-order valence-electron chi connectivity index (χ1n) is 3.28. The summed E-state index contributed by atoms with van der Waals surface area (Å²) in [7, 11) is 0. The van der Waals surface area contributed by atoms with Gasteiger partial charge < -0.3 is 14.6 Å². The molecule has 0 saturated carbocycles. The van der Waals surface area contributed by atoms with Crippen LogP contribution in [0.5, 0.6) is 0 Å². The van der Waals surface area contributed by atoms with Crippen LogP contribution in [-0.2, 0) is 9.53 Å². The summed E-state index contributed by atoms with van der Waals surface area (Å²) in [4.78, 5) is 21.8. The lowest BCUT2D eigenvalue weighted by molar-refractivity contribution is -0.116. The molecular formula is C6H9NO4. The summed E-state index contributed by atoms with van der Waals surface area (Å²) in [5, 5.41) is 8.55. The predicted octanol–water partition coefficient (Wildman–Crippen LogP) is -0.436. The van der Waals surface area contributed by atoms with Crippen LogP contribution in [0.3, 0.4) is 0 Å². The van der Waals surface area contributed by atoms with E-state index >= 15 is 0 Å². The smallest absolute Gasteiger partial charge is 0.408 e. The fraction of sp³-hybridized carbons (Fsp3) is 0.667. The van der Waals surface area contributed by atoms with E-state index in [1.54, 1.807) is 0 Å². The number of carbonyl (C=O) groups is 2. The van der Waals surface area contributed by atoms with Crippen LogP contribution < -0.4 is 0 Å². The highest BCUT2D eigenvalue weighted by Crippen LogP contribution is 2.04. The van der Waals surface area contributed by atoms with Crippen LogP contribution in [0.2, 0.25) is 0 Å². The second-order valence-electron chi connectivity index (χ2n) is 2.25. The van der Waals surface area contributed by atoms with Gasteiger partial charge in [0.2, 0.25) is 0 Å². The SMILES string of the molecule is O=CC1COCCN1C(=O)O. The zero-order chi connectivity index (χ0) is 8.27. The number of ether oxygens (including phenoxy) is 1. The summed E-state index contributed by atoms with van der Waals surface area (Å²) in [5.41, 5.74) is 0. The van der Waals surface area contributed by atoms with E-state index in [0.29, 0.717) is 12.9 Å². The van der Waals surface area contributed by atoms with Gasteiger partial charge in [0.1, 0.15) is 12.3 Å². The molecule has 0 aromatic carbocycles. The van der Waals surface area contributed by atoms with Gasteiger partial charge in [-0.25, -0.2) is 4.79 Å². The van der Waals surface area contributed by atoms with Gasteiger partial charge in [-0.1, -0.05) is 0 Å². The third-order valence-electron chi connectivity index (χ3n) is 1.57. The Labute approximate surface area is 63.5 Å². The van der Waals surface area contributed by atoms with E-state index in [4.69, 9.17) is 9.84 Å². The van der Waals surface area contributed by atoms with Gasteiger partial charge in [0.15, 0.2) is 0 Å². The maximum Gasteiger partial charge on any atom is 0.408 e. The van der Waals surface area contributed by atoms with Gasteiger partial charge in [-0.15, -0.1) is 0 Å². The van der Waals surface area contributed by atoms with Crippen molar-refractivity contribution in [3.05, 3.63) is 0 Å². The quantitative estimate of drug-likeness (QED) is 0.527. The van der Waals surface area contributed by atoms with Crippen LogP contribution in [0.15, 0.2) is 0 Å². The Bertz CT molecular complexity index is 170. The summed E-state index contributed by atoms with van der Waals surface area (Å²) in [6, 6.07) is -0.624. The number of amides is 1. The monoisotopic (exact) mass is 159 g/mol. The number of carboxylic acid groups (broad SMARTS) is 1. The van der Waals surface area contributed by atoms with Crippen molar-refractivity contribution in [1.82, 2.24) is 4.90 Å². The van der Waals surface area contributed by atoms with E-state index in [-0.39, 0.29) is 13.2 Å². The zero-order valence-electron chi connectivity index (χ0n) is 5.90. The minimum atomic E-state index is -1.06. The van der Waals surface area contributed by atoms with E-state index in [2.05, 4.69) is 0 Å². The van der Waals surface area contributed by atoms with Crippen molar-refractivity contribution in [2.75, 3.05) is 19.8 Å². The number of nitrogens with zero attached hydrogens (tertiary/aromatic N) is 1. The average molecular weight is 159 g/mol. The molecule has 1 amide bonds. The van der Waals surface area contributed by atoms with Gasteiger partial charge in [0, 0.05) is 6.54 Å². The number of hydrogen-bond donors (Lipinski definition) is 1. The Kier molecular flexibility index (Phi) is 2.43. The Balaban J connectivity index is 2.58. The summed E-state index contributed by atoms with van der Waals surface area (Å²) in [6.07, 6.45) is -0.474. The normalized spacial score (nSPS) is 24.7. The van der Waals surface area contributed by atoms with E-state index in [1.165, 1.54) is 0 Å². The second-order valence-corrected chi connectivity index (χ2v) is 2.25. The van der Waals surface area contributed by atoms with E-state index in [0.717, 1.165) is 4.90 Å². The molecule has 1 unspecified atom stereocenters. The minimum Gasteiger partial charge on any atom is -0.465 e. The third kappa shape index (κ3) is 1.68. The maximum absolute atomic E-state index is 10.4. The summed E-state index contributed by atoms with van der Waals surface area (Å²) >= 11 is 0. The van der Waals surface area contributed by atoms with Gasteiger partial charge in [-0.05, 0) is 0 Å². The number of aldehydes is 1. The molecule has 0 radical (unpaired) electrons. The lowest BCUT2D eigenvalue weighted by Gasteiger charge is -2.29. The van der Waals surface area contributed by atoms with Crippen molar-refractivity contribution in [2.24, 2.45) is 0 Å². The molecule has 62 valence electrons. The van der Waals surface area contributed by atoms with Crippen LogP contribution in [0.25, 0.3) is 0 Å². The molecule has 1 saturated heterocycles. The van der Waals surface area contributed by atoms with Crippen LogP contribution in [0.4, 0.5) is 4.79 Å². The molecule has 0 aliphatic carbocycles. The number of hydrogen-bond acceptors (Lipinski definition) is 3. The molecule has 0 spiro atoms. The van der Waals surface area contributed by atoms with Gasteiger partial charge in [0.05, 0.1) is 13.2 Å². The molecule has 0 aromatic heterocycles. The highest BCUT2D eigenvalue weighted by atomic mass is 16.5. The van der Waals surface area contributed by atoms with Crippen molar-refractivity contribution < 1.29 is 19.4 Å². The Morgan fingerprint density at radius 3 is 2.91 bits per heavy atom. The molecule has 1 aliphatic heterocycles. The van der Waals surface area contributed by atoms with Crippen LogP contribution >= 0.6 is 0 Å². The zero-order valence-corrected chi connectivity index (χ0v) is 5.90. The minimum absolute atomic E-state index is 0.176. The first-order valence-corrected chi connectivity index (χ1v) is 3.28. The van der Waals surface area contributed by atoms with Gasteiger partial charge in [0.25, 0.3) is 0 Å². The van der Waals surface area contributed by atoms with Crippen LogP contribution in [0, 0.1) is 0 Å².